The Bertz CT molecular complexity index is 616. The largest absolute Gasteiger partial charge is 0.497 e. The van der Waals surface area contributed by atoms with Crippen molar-refractivity contribution in [3.63, 3.8) is 0 Å². The first-order chi connectivity index (χ1) is 11.5. The number of imide groups is 1. The number of ether oxygens (including phenoxy) is 3. The summed E-state index contributed by atoms with van der Waals surface area (Å²) >= 11 is 0. The summed E-state index contributed by atoms with van der Waals surface area (Å²) in [6.45, 7) is 0.597. The van der Waals surface area contributed by atoms with Crippen LogP contribution in [0.5, 0.6) is 5.75 Å². The molecule has 1 aromatic carbocycles. The molecule has 9 nitrogen and oxygen atoms in total. The van der Waals surface area contributed by atoms with Crippen molar-refractivity contribution >= 4 is 23.9 Å². The lowest BCUT2D eigenvalue weighted by atomic mass is 10.2. The second-order valence-corrected chi connectivity index (χ2v) is 4.34. The van der Waals surface area contributed by atoms with Crippen LogP contribution in [0, 0.1) is 0 Å². The second kappa shape index (κ2) is 9.82. The monoisotopic (exact) mass is 338 g/mol. The highest BCUT2D eigenvalue weighted by atomic mass is 16.6. The zero-order valence-corrected chi connectivity index (χ0v) is 13.3. The van der Waals surface area contributed by atoms with Crippen molar-refractivity contribution in [2.75, 3.05) is 26.9 Å². The summed E-state index contributed by atoms with van der Waals surface area (Å²) in [5.41, 5.74) is 0.308. The molecule has 0 bridgehead atoms. The molecule has 0 unspecified atom stereocenters. The lowest BCUT2D eigenvalue weighted by Crippen LogP contribution is -2.36. The first-order valence-corrected chi connectivity index (χ1v) is 7.00. The number of alkyl carbamates (subject to hydrolysis) is 1. The highest BCUT2D eigenvalue weighted by molar-refractivity contribution is 5.96. The van der Waals surface area contributed by atoms with E-state index >= 15 is 0 Å². The van der Waals surface area contributed by atoms with Crippen LogP contribution in [0.15, 0.2) is 24.3 Å². The van der Waals surface area contributed by atoms with Gasteiger partial charge in [-0.2, -0.15) is 0 Å². The minimum Gasteiger partial charge on any atom is -0.497 e. The average Bonchev–Trinajstić information content (AvgIpc) is 2.58. The SMILES string of the molecule is CCOC(=O)NC(=O)COC(=O)CNC(=O)c1cccc(OC)c1. The number of carbonyl (C=O) groups is 4. The molecule has 0 aliphatic rings. The van der Waals surface area contributed by atoms with Gasteiger partial charge in [-0.15, -0.1) is 0 Å². The van der Waals surface area contributed by atoms with E-state index in [0.717, 1.165) is 0 Å². The Morgan fingerprint density at radius 2 is 1.88 bits per heavy atom. The van der Waals surface area contributed by atoms with Crippen LogP contribution in [0.25, 0.3) is 0 Å². The van der Waals surface area contributed by atoms with Gasteiger partial charge in [0, 0.05) is 5.56 Å². The van der Waals surface area contributed by atoms with E-state index in [4.69, 9.17) is 4.74 Å². The molecule has 130 valence electrons. The number of esters is 1. The van der Waals surface area contributed by atoms with Crippen LogP contribution in [0.2, 0.25) is 0 Å². The molecule has 0 saturated carbocycles. The van der Waals surface area contributed by atoms with Crippen molar-refractivity contribution in [3.8, 4) is 5.75 Å². The second-order valence-electron chi connectivity index (χ2n) is 4.34. The van der Waals surface area contributed by atoms with Gasteiger partial charge in [-0.05, 0) is 25.1 Å². The minimum atomic E-state index is -0.926. The van der Waals surface area contributed by atoms with Crippen LogP contribution in [0.1, 0.15) is 17.3 Å². The van der Waals surface area contributed by atoms with Gasteiger partial charge in [0.05, 0.1) is 13.7 Å². The van der Waals surface area contributed by atoms with Gasteiger partial charge in [-0.1, -0.05) is 6.07 Å². The molecule has 0 fully saturated rings. The first-order valence-electron chi connectivity index (χ1n) is 7.00. The third-order valence-electron chi connectivity index (χ3n) is 2.61. The fraction of sp³-hybridized carbons (Fsp3) is 0.333. The van der Waals surface area contributed by atoms with Crippen LogP contribution < -0.4 is 15.4 Å². The van der Waals surface area contributed by atoms with Gasteiger partial charge in [-0.3, -0.25) is 19.7 Å². The summed E-state index contributed by atoms with van der Waals surface area (Å²) in [6, 6.07) is 6.36. The van der Waals surface area contributed by atoms with Crippen molar-refractivity contribution in [2.24, 2.45) is 0 Å². The standard InChI is InChI=1S/C15H18N2O7/c1-3-23-15(21)17-12(18)9-24-13(19)8-16-14(20)10-5-4-6-11(7-10)22-2/h4-7H,3,8-9H2,1-2H3,(H,16,20)(H,17,18,21). The first kappa shape index (κ1) is 18.9. The smallest absolute Gasteiger partial charge is 0.413 e. The number of rotatable bonds is 7. The fourth-order valence-electron chi connectivity index (χ4n) is 1.53. The molecule has 0 aliphatic carbocycles. The molecule has 3 amide bonds. The molecule has 0 heterocycles. The Labute approximate surface area is 138 Å². The van der Waals surface area contributed by atoms with E-state index < -0.39 is 37.0 Å². The molecule has 0 aromatic heterocycles. The molecular formula is C15H18N2O7. The highest BCUT2D eigenvalue weighted by Crippen LogP contribution is 2.12. The van der Waals surface area contributed by atoms with E-state index in [1.807, 2.05) is 5.32 Å². The molecule has 24 heavy (non-hydrogen) atoms. The number of hydrogen-bond donors (Lipinski definition) is 2. The van der Waals surface area contributed by atoms with E-state index in [9.17, 15) is 19.2 Å². The molecule has 1 rings (SSSR count). The Kier molecular flexibility index (Phi) is 7.76. The number of nitrogens with one attached hydrogen (secondary N) is 2. The van der Waals surface area contributed by atoms with E-state index in [1.165, 1.54) is 13.2 Å². The van der Waals surface area contributed by atoms with Crippen LogP contribution in [-0.2, 0) is 19.1 Å². The maximum Gasteiger partial charge on any atom is 0.413 e. The number of methoxy groups -OCH3 is 1. The third-order valence-corrected chi connectivity index (χ3v) is 2.61. The lowest BCUT2D eigenvalue weighted by molar-refractivity contribution is -0.147. The Hall–Kier alpha value is -3.10. The van der Waals surface area contributed by atoms with Gasteiger partial charge < -0.3 is 19.5 Å². The van der Waals surface area contributed by atoms with Crippen molar-refractivity contribution in [3.05, 3.63) is 29.8 Å². The summed E-state index contributed by atoms with van der Waals surface area (Å²) in [5.74, 6) is -1.66. The van der Waals surface area contributed by atoms with Crippen LogP contribution in [0.3, 0.4) is 0 Å². The number of benzene rings is 1. The molecule has 9 heteroatoms. The fourth-order valence-corrected chi connectivity index (χ4v) is 1.53. The Balaban J connectivity index is 2.34. The molecule has 1 aromatic rings. The molecule has 0 spiro atoms. The Morgan fingerprint density at radius 3 is 2.54 bits per heavy atom. The summed E-state index contributed by atoms with van der Waals surface area (Å²) in [6.07, 6.45) is -0.926. The van der Waals surface area contributed by atoms with E-state index in [2.05, 4.69) is 14.8 Å². The van der Waals surface area contributed by atoms with Gasteiger partial charge in [0.1, 0.15) is 12.3 Å². The zero-order valence-electron chi connectivity index (χ0n) is 13.3. The molecular weight excluding hydrogens is 320 g/mol. The van der Waals surface area contributed by atoms with Gasteiger partial charge in [-0.25, -0.2) is 4.79 Å². The normalized spacial score (nSPS) is 9.58. The van der Waals surface area contributed by atoms with Crippen molar-refractivity contribution in [1.82, 2.24) is 10.6 Å². The van der Waals surface area contributed by atoms with E-state index in [-0.39, 0.29) is 6.61 Å². The topological polar surface area (TPSA) is 120 Å². The summed E-state index contributed by atoms with van der Waals surface area (Å²) in [4.78, 5) is 45.6. The molecule has 0 radical (unpaired) electrons. The minimum absolute atomic E-state index is 0.106. The van der Waals surface area contributed by atoms with Gasteiger partial charge >= 0.3 is 12.1 Å². The maximum atomic E-state index is 11.9. The van der Waals surface area contributed by atoms with Crippen LogP contribution >= 0.6 is 0 Å². The lowest BCUT2D eigenvalue weighted by Gasteiger charge is -2.07. The quantitative estimate of drug-likeness (QED) is 0.683. The van der Waals surface area contributed by atoms with Crippen LogP contribution in [-0.4, -0.2) is 50.7 Å². The predicted octanol–water partition coefficient (Wildman–Crippen LogP) is 0.241. The van der Waals surface area contributed by atoms with Crippen molar-refractivity contribution in [1.29, 1.82) is 0 Å². The predicted molar refractivity (Wildman–Crippen MR) is 81.5 cm³/mol. The van der Waals surface area contributed by atoms with E-state index in [0.29, 0.717) is 11.3 Å². The zero-order chi connectivity index (χ0) is 17.9. The van der Waals surface area contributed by atoms with Crippen molar-refractivity contribution < 1.29 is 33.4 Å². The molecule has 0 saturated heterocycles. The summed E-state index contributed by atoms with van der Waals surface area (Å²) in [5, 5.41) is 4.20. The third kappa shape index (κ3) is 6.77. The molecule has 0 aliphatic heterocycles. The highest BCUT2D eigenvalue weighted by Gasteiger charge is 2.13. The van der Waals surface area contributed by atoms with Crippen molar-refractivity contribution in [2.45, 2.75) is 6.92 Å². The number of carbonyl (C=O) groups excluding carboxylic acids is 4. The van der Waals surface area contributed by atoms with E-state index in [1.54, 1.807) is 25.1 Å². The number of hydrogen-bond acceptors (Lipinski definition) is 7. The Morgan fingerprint density at radius 1 is 1.12 bits per heavy atom. The summed E-state index contributed by atoms with van der Waals surface area (Å²) < 4.78 is 14.1. The van der Waals surface area contributed by atoms with Gasteiger partial charge in [0.2, 0.25) is 0 Å². The number of amides is 3. The molecule has 0 atom stereocenters. The van der Waals surface area contributed by atoms with Gasteiger partial charge in [0.15, 0.2) is 6.61 Å². The average molecular weight is 338 g/mol. The summed E-state index contributed by atoms with van der Waals surface area (Å²) in [7, 11) is 1.47. The van der Waals surface area contributed by atoms with Gasteiger partial charge in [0.25, 0.3) is 11.8 Å². The van der Waals surface area contributed by atoms with Crippen LogP contribution in [0.4, 0.5) is 4.79 Å². The maximum absolute atomic E-state index is 11.9. The molecule has 2 N–H and O–H groups in total.